The number of aromatic nitrogens is 1. The van der Waals surface area contributed by atoms with Gasteiger partial charge in [-0.25, -0.2) is 4.98 Å². The highest BCUT2D eigenvalue weighted by Gasteiger charge is 2.19. The van der Waals surface area contributed by atoms with Gasteiger partial charge in [-0.1, -0.05) is 18.2 Å². The molecule has 0 bridgehead atoms. The number of pyridine rings is 1. The molecular weight excluding hydrogens is 250 g/mol. The van der Waals surface area contributed by atoms with E-state index in [1.165, 1.54) is 11.1 Å². The minimum atomic E-state index is -0.0226. The highest BCUT2D eigenvalue weighted by Crippen LogP contribution is 2.28. The molecule has 4 nitrogen and oxygen atoms in total. The zero-order valence-electron chi connectivity index (χ0n) is 11.5. The van der Waals surface area contributed by atoms with E-state index < -0.39 is 0 Å². The monoisotopic (exact) mass is 267 g/mol. The van der Waals surface area contributed by atoms with Crippen LogP contribution in [0.3, 0.4) is 0 Å². The van der Waals surface area contributed by atoms with Gasteiger partial charge in [0.1, 0.15) is 5.82 Å². The highest BCUT2D eigenvalue weighted by atomic mass is 16.1. The van der Waals surface area contributed by atoms with Crippen LogP contribution in [0.15, 0.2) is 42.6 Å². The normalized spacial score (nSPS) is 13.8. The maximum Gasteiger partial charge on any atom is 0.221 e. The third-order valence-corrected chi connectivity index (χ3v) is 3.55. The molecule has 1 aliphatic rings. The quantitative estimate of drug-likeness (QED) is 0.909. The maximum atomic E-state index is 11.3. The summed E-state index contributed by atoms with van der Waals surface area (Å²) < 4.78 is 0. The number of amides is 1. The fourth-order valence-electron chi connectivity index (χ4n) is 2.65. The SMILES string of the molecule is CC(=O)Nc1cccc2c1CCN(c1ccccn1)C2. The van der Waals surface area contributed by atoms with Crippen LogP contribution >= 0.6 is 0 Å². The first kappa shape index (κ1) is 12.7. The molecule has 0 radical (unpaired) electrons. The lowest BCUT2D eigenvalue weighted by atomic mass is 9.97. The summed E-state index contributed by atoms with van der Waals surface area (Å²) in [4.78, 5) is 17.9. The van der Waals surface area contributed by atoms with Crippen LogP contribution in [0.25, 0.3) is 0 Å². The summed E-state index contributed by atoms with van der Waals surface area (Å²) in [5.41, 5.74) is 3.44. The van der Waals surface area contributed by atoms with Crippen molar-refractivity contribution >= 4 is 17.4 Å². The van der Waals surface area contributed by atoms with E-state index in [4.69, 9.17) is 0 Å². The van der Waals surface area contributed by atoms with E-state index in [0.29, 0.717) is 0 Å². The summed E-state index contributed by atoms with van der Waals surface area (Å²) in [5.74, 6) is 0.980. The third-order valence-electron chi connectivity index (χ3n) is 3.55. The van der Waals surface area contributed by atoms with Gasteiger partial charge in [0.15, 0.2) is 0 Å². The number of carbonyl (C=O) groups is 1. The Balaban J connectivity index is 1.87. The second kappa shape index (κ2) is 5.33. The standard InChI is InChI=1S/C16H17N3O/c1-12(20)18-15-6-4-5-13-11-19(10-8-14(13)15)16-7-2-3-9-17-16/h2-7,9H,8,10-11H2,1H3,(H,18,20). The van der Waals surface area contributed by atoms with Crippen LogP contribution in [0, 0.1) is 0 Å². The van der Waals surface area contributed by atoms with Crippen molar-refractivity contribution in [3.05, 3.63) is 53.7 Å². The molecule has 20 heavy (non-hydrogen) atoms. The molecule has 1 amide bonds. The van der Waals surface area contributed by atoms with Gasteiger partial charge in [0.2, 0.25) is 5.91 Å². The van der Waals surface area contributed by atoms with Gasteiger partial charge in [0.25, 0.3) is 0 Å². The molecule has 4 heteroatoms. The van der Waals surface area contributed by atoms with Crippen LogP contribution in [-0.2, 0) is 17.8 Å². The number of nitrogens with one attached hydrogen (secondary N) is 1. The largest absolute Gasteiger partial charge is 0.352 e. The van der Waals surface area contributed by atoms with Crippen LogP contribution in [0.2, 0.25) is 0 Å². The molecule has 0 saturated carbocycles. The Morgan fingerprint density at radius 1 is 1.25 bits per heavy atom. The third kappa shape index (κ3) is 2.50. The molecule has 0 spiro atoms. The van der Waals surface area contributed by atoms with Gasteiger partial charge >= 0.3 is 0 Å². The van der Waals surface area contributed by atoms with Crippen molar-refractivity contribution in [3.8, 4) is 0 Å². The van der Waals surface area contributed by atoms with Gasteiger partial charge in [0.05, 0.1) is 0 Å². The second-order valence-corrected chi connectivity index (χ2v) is 4.98. The Bertz CT molecular complexity index is 625. The molecule has 3 rings (SSSR count). The highest BCUT2D eigenvalue weighted by molar-refractivity contribution is 5.89. The predicted octanol–water partition coefficient (Wildman–Crippen LogP) is 2.60. The lowest BCUT2D eigenvalue weighted by Crippen LogP contribution is -2.31. The van der Waals surface area contributed by atoms with Crippen molar-refractivity contribution in [2.24, 2.45) is 0 Å². The molecule has 0 fully saturated rings. The second-order valence-electron chi connectivity index (χ2n) is 4.98. The lowest BCUT2D eigenvalue weighted by Gasteiger charge is -2.30. The number of anilines is 2. The van der Waals surface area contributed by atoms with Crippen molar-refractivity contribution in [2.75, 3.05) is 16.8 Å². The lowest BCUT2D eigenvalue weighted by molar-refractivity contribution is -0.114. The first-order valence-corrected chi connectivity index (χ1v) is 6.78. The average molecular weight is 267 g/mol. The number of fused-ring (bicyclic) bond motifs is 1. The van der Waals surface area contributed by atoms with E-state index >= 15 is 0 Å². The Labute approximate surface area is 118 Å². The maximum absolute atomic E-state index is 11.3. The van der Waals surface area contributed by atoms with E-state index in [9.17, 15) is 4.79 Å². The molecule has 1 aromatic carbocycles. The predicted molar refractivity (Wildman–Crippen MR) is 79.7 cm³/mol. The molecular formula is C16H17N3O. The van der Waals surface area contributed by atoms with E-state index in [2.05, 4.69) is 21.3 Å². The van der Waals surface area contributed by atoms with E-state index in [-0.39, 0.29) is 5.91 Å². The number of hydrogen-bond donors (Lipinski definition) is 1. The molecule has 2 heterocycles. The van der Waals surface area contributed by atoms with E-state index in [1.54, 1.807) is 6.92 Å². The van der Waals surface area contributed by atoms with Crippen molar-refractivity contribution in [2.45, 2.75) is 19.9 Å². The summed E-state index contributed by atoms with van der Waals surface area (Å²) in [5, 5.41) is 2.91. The first-order chi connectivity index (χ1) is 9.74. The fraction of sp³-hybridized carbons (Fsp3) is 0.250. The van der Waals surface area contributed by atoms with Crippen LogP contribution in [0.1, 0.15) is 18.1 Å². The van der Waals surface area contributed by atoms with E-state index in [0.717, 1.165) is 31.0 Å². The van der Waals surface area contributed by atoms with Crippen molar-refractivity contribution in [3.63, 3.8) is 0 Å². The summed E-state index contributed by atoms with van der Waals surface area (Å²) >= 11 is 0. The van der Waals surface area contributed by atoms with E-state index in [1.807, 2.05) is 36.5 Å². The molecule has 1 N–H and O–H groups in total. The van der Waals surface area contributed by atoms with Gasteiger partial charge in [0, 0.05) is 31.9 Å². The minimum absolute atomic E-state index is 0.0226. The van der Waals surface area contributed by atoms with Gasteiger partial charge in [-0.2, -0.15) is 0 Å². The summed E-state index contributed by atoms with van der Waals surface area (Å²) in [6.45, 7) is 3.29. The number of benzene rings is 1. The molecule has 1 aliphatic heterocycles. The zero-order valence-corrected chi connectivity index (χ0v) is 11.5. The Hall–Kier alpha value is -2.36. The molecule has 0 atom stereocenters. The molecule has 0 aliphatic carbocycles. The Morgan fingerprint density at radius 3 is 2.90 bits per heavy atom. The zero-order chi connectivity index (χ0) is 13.9. The Kier molecular flexibility index (Phi) is 3.37. The van der Waals surface area contributed by atoms with Gasteiger partial charge < -0.3 is 10.2 Å². The van der Waals surface area contributed by atoms with Gasteiger partial charge in [-0.15, -0.1) is 0 Å². The summed E-state index contributed by atoms with van der Waals surface area (Å²) in [6.07, 6.45) is 2.74. The number of hydrogen-bond acceptors (Lipinski definition) is 3. The topological polar surface area (TPSA) is 45.2 Å². The van der Waals surface area contributed by atoms with Gasteiger partial charge in [-0.3, -0.25) is 4.79 Å². The smallest absolute Gasteiger partial charge is 0.221 e. The summed E-state index contributed by atoms with van der Waals surface area (Å²) in [7, 11) is 0. The molecule has 0 saturated heterocycles. The minimum Gasteiger partial charge on any atom is -0.352 e. The van der Waals surface area contributed by atoms with Crippen LogP contribution in [0.4, 0.5) is 11.5 Å². The van der Waals surface area contributed by atoms with Crippen LogP contribution in [0.5, 0.6) is 0 Å². The number of rotatable bonds is 2. The van der Waals surface area contributed by atoms with Crippen LogP contribution < -0.4 is 10.2 Å². The van der Waals surface area contributed by atoms with Crippen LogP contribution in [-0.4, -0.2) is 17.4 Å². The first-order valence-electron chi connectivity index (χ1n) is 6.78. The number of carbonyl (C=O) groups excluding carboxylic acids is 1. The molecule has 102 valence electrons. The van der Waals surface area contributed by atoms with Gasteiger partial charge in [-0.05, 0) is 35.7 Å². The average Bonchev–Trinajstić information content (AvgIpc) is 2.47. The van der Waals surface area contributed by atoms with Crippen molar-refractivity contribution < 1.29 is 4.79 Å². The molecule has 0 unspecified atom stereocenters. The van der Waals surface area contributed by atoms with Crippen molar-refractivity contribution in [1.82, 2.24) is 4.98 Å². The summed E-state index contributed by atoms with van der Waals surface area (Å²) in [6, 6.07) is 12.0. The fourth-order valence-corrected chi connectivity index (χ4v) is 2.65. The van der Waals surface area contributed by atoms with Crippen molar-refractivity contribution in [1.29, 1.82) is 0 Å². The molecule has 2 aromatic rings. The number of nitrogens with zero attached hydrogens (tertiary/aromatic N) is 2. The molecule has 1 aromatic heterocycles. The Morgan fingerprint density at radius 2 is 2.15 bits per heavy atom.